The summed E-state index contributed by atoms with van der Waals surface area (Å²) < 4.78 is 6.47. The van der Waals surface area contributed by atoms with Crippen molar-refractivity contribution in [3.8, 4) is 0 Å². The van der Waals surface area contributed by atoms with Gasteiger partial charge in [-0.05, 0) is 0 Å². The lowest BCUT2D eigenvalue weighted by molar-refractivity contribution is 0.0549. The molecule has 8 nitrogen and oxygen atoms in total. The van der Waals surface area contributed by atoms with Crippen molar-refractivity contribution in [3.63, 3.8) is 0 Å². The zero-order valence-corrected chi connectivity index (χ0v) is 5.14. The normalized spacial score (nSPS) is 7.27. The molecule has 0 amide bonds. The Balaban J connectivity index is 0. The maximum atomic E-state index is 9.86. The van der Waals surface area contributed by atoms with Crippen molar-refractivity contribution in [2.24, 2.45) is 0 Å². The second-order valence-corrected chi connectivity index (χ2v) is 0.986. The molecule has 0 rings (SSSR count). The minimum absolute atomic E-state index is 0. The van der Waals surface area contributed by atoms with Crippen molar-refractivity contribution in [1.29, 1.82) is 0 Å². The van der Waals surface area contributed by atoms with Gasteiger partial charge in [0.1, 0.15) is 0 Å². The molecular formula is C3H5NO7. The van der Waals surface area contributed by atoms with Gasteiger partial charge in [0, 0.05) is 0 Å². The van der Waals surface area contributed by atoms with Gasteiger partial charge in [0.25, 0.3) is 0 Å². The van der Waals surface area contributed by atoms with E-state index in [-0.39, 0.29) is 6.15 Å². The van der Waals surface area contributed by atoms with Crippen LogP contribution in [0, 0.1) is 0 Å². The lowest BCUT2D eigenvalue weighted by atomic mass is 11.2. The van der Waals surface area contributed by atoms with Gasteiger partial charge in [0.15, 0.2) is 0 Å². The van der Waals surface area contributed by atoms with Crippen molar-refractivity contribution in [2.75, 3.05) is 0 Å². The molecule has 0 aliphatic heterocycles. The molecule has 0 unspecified atom stereocenters. The summed E-state index contributed by atoms with van der Waals surface area (Å²) in [5.74, 6) is 0. The average molecular weight is 167 g/mol. The van der Waals surface area contributed by atoms with Gasteiger partial charge >= 0.3 is 18.5 Å². The van der Waals surface area contributed by atoms with Crippen LogP contribution in [0.3, 0.4) is 0 Å². The van der Waals surface area contributed by atoms with E-state index in [1.165, 1.54) is 0 Å². The summed E-state index contributed by atoms with van der Waals surface area (Å²) in [5.41, 5.74) is 0. The fourth-order valence-electron chi connectivity index (χ4n) is 0.163. The highest BCUT2D eigenvalue weighted by Gasteiger charge is 2.13. The molecule has 0 heterocycles. The number of ether oxygens (including phenoxy) is 2. The van der Waals surface area contributed by atoms with Gasteiger partial charge in [-0.25, -0.2) is 14.4 Å². The summed E-state index contributed by atoms with van der Waals surface area (Å²) >= 11 is 0. The third-order valence-corrected chi connectivity index (χ3v) is 0.341. The van der Waals surface area contributed by atoms with Crippen molar-refractivity contribution in [1.82, 2.24) is 6.15 Å². The summed E-state index contributed by atoms with van der Waals surface area (Å²) in [6.07, 6.45) is -5.64. The van der Waals surface area contributed by atoms with Crippen LogP contribution in [0.15, 0.2) is 0 Å². The molecule has 0 aromatic heterocycles. The first-order valence-corrected chi connectivity index (χ1v) is 1.88. The van der Waals surface area contributed by atoms with E-state index in [1.54, 1.807) is 0 Å². The van der Waals surface area contributed by atoms with Gasteiger partial charge in [-0.2, -0.15) is 0 Å². The largest absolute Gasteiger partial charge is 0.528 e. The van der Waals surface area contributed by atoms with Crippen LogP contribution >= 0.6 is 0 Å². The smallest absolute Gasteiger partial charge is 0.449 e. The van der Waals surface area contributed by atoms with Crippen LogP contribution in [0.1, 0.15) is 0 Å². The summed E-state index contributed by atoms with van der Waals surface area (Å²) in [5, 5.41) is 15.4. The molecule has 0 spiro atoms. The lowest BCUT2D eigenvalue weighted by Crippen LogP contribution is -2.14. The molecule has 0 atom stereocenters. The maximum Gasteiger partial charge on any atom is 0.528 e. The van der Waals surface area contributed by atoms with Crippen LogP contribution in [0.2, 0.25) is 0 Å². The molecule has 5 N–H and O–H groups in total. The van der Waals surface area contributed by atoms with Crippen LogP contribution in [0.5, 0.6) is 0 Å². The maximum absolute atomic E-state index is 9.86. The number of hydrogen-bond acceptors (Lipinski definition) is 6. The molecule has 0 aromatic rings. The Hall–Kier alpha value is -1.83. The molecule has 0 aliphatic rings. The highest BCUT2D eigenvalue weighted by molar-refractivity contribution is 5.82. The minimum Gasteiger partial charge on any atom is -0.449 e. The zero-order chi connectivity index (χ0) is 8.15. The summed E-state index contributed by atoms with van der Waals surface area (Å²) in [7, 11) is 0. The van der Waals surface area contributed by atoms with Crippen LogP contribution in [0.25, 0.3) is 0 Å². The third-order valence-electron chi connectivity index (χ3n) is 0.341. The predicted octanol–water partition coefficient (Wildman–Crippen LogP) is 0.658. The van der Waals surface area contributed by atoms with Gasteiger partial charge in [-0.3, -0.25) is 0 Å². The number of carboxylic acid groups (broad SMARTS) is 2. The Kier molecular flexibility index (Phi) is 5.41. The topological polar surface area (TPSA) is 145 Å². The summed E-state index contributed by atoms with van der Waals surface area (Å²) in [6, 6.07) is 0. The average Bonchev–Trinajstić information content (AvgIpc) is 1.58. The Morgan fingerprint density at radius 3 is 1.36 bits per heavy atom. The number of rotatable bonds is 0. The molecule has 0 saturated carbocycles. The molecule has 0 bridgehead atoms. The number of carbonyl (C=O) groups excluding carboxylic acids is 1. The highest BCUT2D eigenvalue weighted by Crippen LogP contribution is 1.85. The second kappa shape index (κ2) is 4.99. The van der Waals surface area contributed by atoms with E-state index in [4.69, 9.17) is 10.2 Å². The highest BCUT2D eigenvalue weighted by atomic mass is 16.8. The molecule has 64 valence electrons. The van der Waals surface area contributed by atoms with Gasteiger partial charge < -0.3 is 25.8 Å². The first-order chi connectivity index (χ1) is 4.52. The van der Waals surface area contributed by atoms with E-state index in [0.29, 0.717) is 0 Å². The Morgan fingerprint density at radius 2 is 1.18 bits per heavy atom. The summed E-state index contributed by atoms with van der Waals surface area (Å²) in [4.78, 5) is 28.8. The fourth-order valence-corrected chi connectivity index (χ4v) is 0.163. The Morgan fingerprint density at radius 1 is 0.909 bits per heavy atom. The quantitative estimate of drug-likeness (QED) is 0.352. The molecule has 8 heteroatoms. The van der Waals surface area contributed by atoms with Crippen LogP contribution < -0.4 is 6.15 Å². The van der Waals surface area contributed by atoms with Crippen molar-refractivity contribution < 1.29 is 34.1 Å². The van der Waals surface area contributed by atoms with E-state index < -0.39 is 18.5 Å². The van der Waals surface area contributed by atoms with Crippen molar-refractivity contribution in [2.45, 2.75) is 0 Å². The first kappa shape index (κ1) is 11.9. The predicted molar refractivity (Wildman–Crippen MR) is 28.6 cm³/mol. The minimum atomic E-state index is -1.92. The zero-order valence-electron chi connectivity index (χ0n) is 5.14. The Labute approximate surface area is 59.9 Å². The van der Waals surface area contributed by atoms with E-state index in [2.05, 4.69) is 9.47 Å². The van der Waals surface area contributed by atoms with E-state index >= 15 is 0 Å². The second-order valence-electron chi connectivity index (χ2n) is 0.986. The molecule has 0 aromatic carbocycles. The van der Waals surface area contributed by atoms with Crippen molar-refractivity contribution in [3.05, 3.63) is 0 Å². The molecule has 0 saturated heterocycles. The SMILES string of the molecule is N.O=C(O)OC(=O)OC(=O)O. The number of hydrogen-bond donors (Lipinski definition) is 3. The third kappa shape index (κ3) is 8.17. The first-order valence-electron chi connectivity index (χ1n) is 1.88. The van der Waals surface area contributed by atoms with Crippen LogP contribution in [-0.2, 0) is 9.47 Å². The van der Waals surface area contributed by atoms with Crippen LogP contribution in [0.4, 0.5) is 14.4 Å². The molecule has 0 radical (unpaired) electrons. The lowest BCUT2D eigenvalue weighted by Gasteiger charge is -1.93. The molecule has 0 aliphatic carbocycles. The van der Waals surface area contributed by atoms with Crippen LogP contribution in [-0.4, -0.2) is 28.7 Å². The fraction of sp³-hybridized carbons (Fsp3) is 0. The Bertz CT molecular complexity index is 157. The van der Waals surface area contributed by atoms with Gasteiger partial charge in [-0.15, -0.1) is 0 Å². The summed E-state index contributed by atoms with van der Waals surface area (Å²) in [6.45, 7) is 0. The molecule has 11 heavy (non-hydrogen) atoms. The number of carbonyl (C=O) groups is 3. The monoisotopic (exact) mass is 167 g/mol. The van der Waals surface area contributed by atoms with Crippen molar-refractivity contribution >= 4 is 18.5 Å². The standard InChI is InChI=1S/C3H2O7.H3N/c4-1(5)9-3(8)10-2(6)7;/h(H,4,5)(H,6,7);1H3. The van der Waals surface area contributed by atoms with E-state index in [0.717, 1.165) is 0 Å². The molecule has 0 fully saturated rings. The van der Waals surface area contributed by atoms with E-state index in [9.17, 15) is 14.4 Å². The van der Waals surface area contributed by atoms with Gasteiger partial charge in [-0.1, -0.05) is 0 Å². The van der Waals surface area contributed by atoms with Gasteiger partial charge in [0.05, 0.1) is 0 Å². The van der Waals surface area contributed by atoms with E-state index in [1.807, 2.05) is 0 Å². The van der Waals surface area contributed by atoms with Gasteiger partial charge in [0.2, 0.25) is 0 Å². The molecular weight excluding hydrogens is 162 g/mol.